The van der Waals surface area contributed by atoms with Gasteiger partial charge in [-0.25, -0.2) is 4.39 Å². The van der Waals surface area contributed by atoms with Crippen molar-refractivity contribution < 1.29 is 9.18 Å². The van der Waals surface area contributed by atoms with Crippen LogP contribution < -0.4 is 5.32 Å². The third-order valence-corrected chi connectivity index (χ3v) is 4.66. The second kappa shape index (κ2) is 9.18. The molecule has 3 rings (SSSR count). The van der Waals surface area contributed by atoms with E-state index >= 15 is 0 Å². The van der Waals surface area contributed by atoms with Crippen molar-refractivity contribution in [3.8, 4) is 6.07 Å². The number of hydrogen-bond donors (Lipinski definition) is 1. The number of nitrogens with one attached hydrogen (secondary N) is 1. The van der Waals surface area contributed by atoms with Crippen LogP contribution in [0.5, 0.6) is 0 Å². The van der Waals surface area contributed by atoms with Crippen LogP contribution in [0.15, 0.2) is 72.3 Å². The van der Waals surface area contributed by atoms with Crippen molar-refractivity contribution in [3.05, 3.63) is 105 Å². The van der Waals surface area contributed by atoms with Crippen LogP contribution in [0.1, 0.15) is 22.3 Å². The lowest BCUT2D eigenvalue weighted by atomic mass is 9.98. The molecule has 144 valence electrons. The first-order chi connectivity index (χ1) is 14.0. The lowest BCUT2D eigenvalue weighted by molar-refractivity contribution is -0.112. The zero-order valence-electron chi connectivity index (χ0n) is 15.7. The van der Waals surface area contributed by atoms with Crippen molar-refractivity contribution in [2.75, 3.05) is 5.32 Å². The van der Waals surface area contributed by atoms with Gasteiger partial charge in [-0.3, -0.25) is 4.79 Å². The van der Waals surface area contributed by atoms with E-state index in [4.69, 9.17) is 11.6 Å². The first-order valence-electron chi connectivity index (χ1n) is 8.98. The quantitative estimate of drug-likeness (QED) is 0.423. The Morgan fingerprint density at radius 1 is 1.10 bits per heavy atom. The van der Waals surface area contributed by atoms with Crippen LogP contribution in [0.25, 0.3) is 6.08 Å². The molecule has 0 aliphatic rings. The monoisotopic (exact) mass is 404 g/mol. The molecule has 1 N–H and O–H groups in total. The highest BCUT2D eigenvalue weighted by atomic mass is 35.5. The highest BCUT2D eigenvalue weighted by Crippen LogP contribution is 2.23. The van der Waals surface area contributed by atoms with Crippen molar-refractivity contribution in [3.63, 3.8) is 0 Å². The van der Waals surface area contributed by atoms with Crippen LogP contribution in [0.4, 0.5) is 10.1 Å². The molecule has 0 unspecified atom stereocenters. The van der Waals surface area contributed by atoms with E-state index in [2.05, 4.69) is 5.32 Å². The average molecular weight is 405 g/mol. The average Bonchev–Trinajstić information content (AvgIpc) is 2.71. The number of nitriles is 1. The summed E-state index contributed by atoms with van der Waals surface area (Å²) >= 11 is 6.12. The number of carbonyl (C=O) groups is 1. The number of halogens is 2. The predicted octanol–water partition coefficient (Wildman–Crippen LogP) is 5.92. The zero-order chi connectivity index (χ0) is 20.8. The van der Waals surface area contributed by atoms with Gasteiger partial charge in [-0.1, -0.05) is 53.6 Å². The minimum atomic E-state index is -0.520. The molecule has 0 saturated carbocycles. The van der Waals surface area contributed by atoms with Gasteiger partial charge in [0.1, 0.15) is 17.5 Å². The van der Waals surface area contributed by atoms with Crippen LogP contribution in [-0.4, -0.2) is 5.91 Å². The molecule has 0 fully saturated rings. The molecule has 0 saturated heterocycles. The number of hydrogen-bond acceptors (Lipinski definition) is 2. The van der Waals surface area contributed by atoms with Crippen LogP contribution >= 0.6 is 11.6 Å². The molecule has 0 spiro atoms. The summed E-state index contributed by atoms with van der Waals surface area (Å²) in [6, 6.07) is 20.8. The number of benzene rings is 3. The summed E-state index contributed by atoms with van der Waals surface area (Å²) in [5.41, 5.74) is 3.47. The van der Waals surface area contributed by atoms with Gasteiger partial charge in [0, 0.05) is 17.1 Å². The number of amides is 1. The van der Waals surface area contributed by atoms with Gasteiger partial charge in [0.2, 0.25) is 0 Å². The Hall–Kier alpha value is -3.42. The minimum Gasteiger partial charge on any atom is -0.321 e. The molecule has 1 amide bonds. The molecular weight excluding hydrogens is 387 g/mol. The maximum absolute atomic E-state index is 14.1. The molecule has 5 heteroatoms. The third-order valence-electron chi connectivity index (χ3n) is 4.42. The predicted molar refractivity (Wildman–Crippen MR) is 114 cm³/mol. The Morgan fingerprint density at radius 2 is 1.83 bits per heavy atom. The molecule has 3 aromatic rings. The van der Waals surface area contributed by atoms with Crippen molar-refractivity contribution in [1.82, 2.24) is 0 Å². The van der Waals surface area contributed by atoms with Crippen LogP contribution in [-0.2, 0) is 11.2 Å². The summed E-state index contributed by atoms with van der Waals surface area (Å²) in [4.78, 5) is 12.5. The summed E-state index contributed by atoms with van der Waals surface area (Å²) in [6.07, 6.45) is 1.79. The van der Waals surface area contributed by atoms with E-state index in [9.17, 15) is 14.4 Å². The summed E-state index contributed by atoms with van der Waals surface area (Å²) in [5, 5.41) is 12.7. The Morgan fingerprint density at radius 3 is 2.52 bits per heavy atom. The number of aryl methyl sites for hydroxylation is 1. The Bertz CT molecular complexity index is 1110. The fraction of sp³-hybridized carbons (Fsp3) is 0.0833. The van der Waals surface area contributed by atoms with Gasteiger partial charge < -0.3 is 5.32 Å². The number of nitrogens with zero attached hydrogens (tertiary/aromatic N) is 1. The van der Waals surface area contributed by atoms with E-state index in [1.54, 1.807) is 48.5 Å². The SMILES string of the molecule is Cc1ccc(NC(=O)/C(C#N)=C/c2cc(Cl)ccc2Cc2ccccc2F)cc1. The summed E-state index contributed by atoms with van der Waals surface area (Å²) in [5.74, 6) is -0.830. The third kappa shape index (κ3) is 5.31. The summed E-state index contributed by atoms with van der Waals surface area (Å²) in [7, 11) is 0. The highest BCUT2D eigenvalue weighted by Gasteiger charge is 2.12. The Kier molecular flexibility index (Phi) is 6.43. The molecule has 3 nitrogen and oxygen atoms in total. The lowest BCUT2D eigenvalue weighted by Crippen LogP contribution is -2.13. The smallest absolute Gasteiger partial charge is 0.266 e. The van der Waals surface area contributed by atoms with Crippen LogP contribution in [0, 0.1) is 24.1 Å². The second-order valence-corrected chi connectivity index (χ2v) is 7.04. The molecule has 0 aromatic heterocycles. The van der Waals surface area contributed by atoms with E-state index in [1.165, 1.54) is 12.1 Å². The van der Waals surface area contributed by atoms with E-state index in [0.717, 1.165) is 11.1 Å². The molecular formula is C24H18ClFN2O. The largest absolute Gasteiger partial charge is 0.321 e. The van der Waals surface area contributed by atoms with Gasteiger partial charge in [-0.15, -0.1) is 0 Å². The van der Waals surface area contributed by atoms with Gasteiger partial charge in [0.15, 0.2) is 0 Å². The van der Waals surface area contributed by atoms with E-state index in [1.807, 2.05) is 25.1 Å². The van der Waals surface area contributed by atoms with Crippen molar-refractivity contribution >= 4 is 29.3 Å². The maximum atomic E-state index is 14.1. The minimum absolute atomic E-state index is 0.0670. The number of carbonyl (C=O) groups excluding carboxylic acids is 1. The first-order valence-corrected chi connectivity index (χ1v) is 9.35. The standard InChI is InChI=1S/C24H18ClFN2O/c1-16-6-10-22(11-7-16)28-24(29)20(15-27)13-19-14-21(25)9-8-17(19)12-18-4-2-3-5-23(18)26/h2-11,13-14H,12H2,1H3,(H,28,29)/b20-13+. The molecule has 0 aliphatic carbocycles. The molecule has 0 heterocycles. The van der Waals surface area contributed by atoms with Crippen molar-refractivity contribution in [2.24, 2.45) is 0 Å². The lowest BCUT2D eigenvalue weighted by Gasteiger charge is -2.09. The van der Waals surface area contributed by atoms with E-state index < -0.39 is 5.91 Å². The van der Waals surface area contributed by atoms with E-state index in [0.29, 0.717) is 28.3 Å². The fourth-order valence-corrected chi connectivity index (χ4v) is 3.03. The highest BCUT2D eigenvalue weighted by molar-refractivity contribution is 6.30. The summed E-state index contributed by atoms with van der Waals surface area (Å²) in [6.45, 7) is 1.95. The second-order valence-electron chi connectivity index (χ2n) is 6.60. The molecule has 0 bridgehead atoms. The van der Waals surface area contributed by atoms with Gasteiger partial charge in [0.25, 0.3) is 5.91 Å². The van der Waals surface area contributed by atoms with Gasteiger partial charge in [-0.2, -0.15) is 5.26 Å². The maximum Gasteiger partial charge on any atom is 0.266 e. The molecule has 0 radical (unpaired) electrons. The van der Waals surface area contributed by atoms with Crippen molar-refractivity contribution in [2.45, 2.75) is 13.3 Å². The van der Waals surface area contributed by atoms with Crippen LogP contribution in [0.3, 0.4) is 0 Å². The molecule has 29 heavy (non-hydrogen) atoms. The fourth-order valence-electron chi connectivity index (χ4n) is 2.85. The molecule has 0 atom stereocenters. The first kappa shape index (κ1) is 20.3. The zero-order valence-corrected chi connectivity index (χ0v) is 16.5. The van der Waals surface area contributed by atoms with Gasteiger partial charge in [0.05, 0.1) is 0 Å². The topological polar surface area (TPSA) is 52.9 Å². The van der Waals surface area contributed by atoms with E-state index in [-0.39, 0.29) is 11.4 Å². The summed E-state index contributed by atoms with van der Waals surface area (Å²) < 4.78 is 14.1. The van der Waals surface area contributed by atoms with Crippen molar-refractivity contribution in [1.29, 1.82) is 5.26 Å². The Labute approximate surface area is 174 Å². The normalized spacial score (nSPS) is 11.0. The molecule has 3 aromatic carbocycles. The van der Waals surface area contributed by atoms with Gasteiger partial charge >= 0.3 is 0 Å². The number of anilines is 1. The number of rotatable bonds is 5. The Balaban J connectivity index is 1.91. The van der Waals surface area contributed by atoms with Crippen LogP contribution in [0.2, 0.25) is 5.02 Å². The van der Waals surface area contributed by atoms with Gasteiger partial charge in [-0.05, 0) is 60.0 Å². The molecule has 0 aliphatic heterocycles.